The van der Waals surface area contributed by atoms with Crippen molar-refractivity contribution in [3.63, 3.8) is 0 Å². The molecule has 5 heteroatoms. The van der Waals surface area contributed by atoms with E-state index in [0.717, 1.165) is 5.56 Å². The summed E-state index contributed by atoms with van der Waals surface area (Å²) in [5.41, 5.74) is 1.42. The quantitative estimate of drug-likeness (QED) is 0.765. The number of ether oxygens (including phenoxy) is 2. The van der Waals surface area contributed by atoms with Gasteiger partial charge in [0, 0.05) is 0 Å². The van der Waals surface area contributed by atoms with Gasteiger partial charge in [-0.1, -0.05) is 12.1 Å². The Bertz CT molecular complexity index is 416. The van der Waals surface area contributed by atoms with Crippen LogP contribution < -0.4 is 4.74 Å². The van der Waals surface area contributed by atoms with Crippen molar-refractivity contribution < 1.29 is 24.5 Å². The molecule has 2 N–H and O–H groups in total. The van der Waals surface area contributed by atoms with Crippen LogP contribution in [0.15, 0.2) is 18.2 Å². The summed E-state index contributed by atoms with van der Waals surface area (Å²) in [6.07, 6.45) is -2.61. The summed E-state index contributed by atoms with van der Waals surface area (Å²) in [7, 11) is 2.76. The molecule has 0 heterocycles. The highest BCUT2D eigenvalue weighted by Gasteiger charge is 2.22. The first-order chi connectivity index (χ1) is 8.49. The second kappa shape index (κ2) is 6.37. The van der Waals surface area contributed by atoms with Crippen LogP contribution in [0.2, 0.25) is 0 Å². The van der Waals surface area contributed by atoms with E-state index in [4.69, 9.17) is 4.74 Å². The van der Waals surface area contributed by atoms with Gasteiger partial charge in [-0.25, -0.2) is 0 Å². The maximum atomic E-state index is 11.0. The number of aliphatic hydroxyl groups excluding tert-OH is 2. The summed E-state index contributed by atoms with van der Waals surface area (Å²) in [6.45, 7) is 1.87. The van der Waals surface area contributed by atoms with Crippen LogP contribution in [0.4, 0.5) is 0 Å². The maximum absolute atomic E-state index is 11.0. The molecule has 0 radical (unpaired) electrons. The molecule has 0 saturated carbocycles. The Labute approximate surface area is 106 Å². The fraction of sp³-hybridized carbons (Fsp3) is 0.462. The van der Waals surface area contributed by atoms with Gasteiger partial charge in [-0.3, -0.25) is 4.79 Å². The SMILES string of the molecule is COC(=O)CC(O)C(O)c1ccc(C)c(OC)c1. The lowest BCUT2D eigenvalue weighted by Crippen LogP contribution is -2.22. The molecule has 0 saturated heterocycles. The molecular weight excluding hydrogens is 236 g/mol. The molecule has 0 aromatic heterocycles. The predicted octanol–water partition coefficient (Wildman–Crippen LogP) is 0.961. The Morgan fingerprint density at radius 2 is 2.00 bits per heavy atom. The summed E-state index contributed by atoms with van der Waals surface area (Å²) in [4.78, 5) is 11.0. The van der Waals surface area contributed by atoms with Crippen molar-refractivity contribution in [2.75, 3.05) is 14.2 Å². The molecule has 0 fully saturated rings. The molecule has 1 rings (SSSR count). The highest BCUT2D eigenvalue weighted by molar-refractivity contribution is 5.69. The Hall–Kier alpha value is -1.59. The molecule has 0 spiro atoms. The van der Waals surface area contributed by atoms with E-state index in [1.54, 1.807) is 18.2 Å². The molecule has 2 atom stereocenters. The van der Waals surface area contributed by atoms with Gasteiger partial charge in [0.15, 0.2) is 0 Å². The van der Waals surface area contributed by atoms with E-state index in [2.05, 4.69) is 4.74 Å². The zero-order valence-electron chi connectivity index (χ0n) is 10.7. The Balaban J connectivity index is 2.83. The molecule has 2 unspecified atom stereocenters. The number of rotatable bonds is 5. The van der Waals surface area contributed by atoms with E-state index in [9.17, 15) is 15.0 Å². The van der Waals surface area contributed by atoms with E-state index in [0.29, 0.717) is 11.3 Å². The molecule has 100 valence electrons. The number of carbonyl (C=O) groups excluding carboxylic acids is 1. The van der Waals surface area contributed by atoms with Crippen LogP contribution in [-0.4, -0.2) is 36.5 Å². The van der Waals surface area contributed by atoms with Gasteiger partial charge >= 0.3 is 5.97 Å². The van der Waals surface area contributed by atoms with Crippen LogP contribution in [0.1, 0.15) is 23.7 Å². The van der Waals surface area contributed by atoms with Crippen LogP contribution >= 0.6 is 0 Å². The van der Waals surface area contributed by atoms with Crippen LogP contribution in [0.25, 0.3) is 0 Å². The fourth-order valence-electron chi connectivity index (χ4n) is 1.61. The number of methoxy groups -OCH3 is 2. The van der Waals surface area contributed by atoms with Gasteiger partial charge in [0.2, 0.25) is 0 Å². The zero-order valence-corrected chi connectivity index (χ0v) is 10.7. The van der Waals surface area contributed by atoms with Crippen LogP contribution in [0, 0.1) is 6.92 Å². The molecule has 0 amide bonds. The van der Waals surface area contributed by atoms with Gasteiger partial charge < -0.3 is 19.7 Å². The number of aliphatic hydroxyl groups is 2. The molecule has 0 aliphatic rings. The Kier molecular flexibility index (Phi) is 5.12. The van der Waals surface area contributed by atoms with E-state index >= 15 is 0 Å². The van der Waals surface area contributed by atoms with Gasteiger partial charge in [-0.15, -0.1) is 0 Å². The number of hydrogen-bond acceptors (Lipinski definition) is 5. The van der Waals surface area contributed by atoms with Gasteiger partial charge in [-0.05, 0) is 24.1 Å². The van der Waals surface area contributed by atoms with Crippen LogP contribution in [0.5, 0.6) is 5.75 Å². The summed E-state index contributed by atoms with van der Waals surface area (Å²) >= 11 is 0. The third-order valence-corrected chi connectivity index (χ3v) is 2.74. The Morgan fingerprint density at radius 3 is 2.56 bits per heavy atom. The predicted molar refractivity (Wildman–Crippen MR) is 65.3 cm³/mol. The maximum Gasteiger partial charge on any atom is 0.308 e. The first-order valence-corrected chi connectivity index (χ1v) is 5.57. The largest absolute Gasteiger partial charge is 0.496 e. The standard InChI is InChI=1S/C13H18O5/c1-8-4-5-9(6-11(8)17-2)13(16)10(14)7-12(15)18-3/h4-6,10,13-14,16H,7H2,1-3H3. The molecular formula is C13H18O5. The van der Waals surface area contributed by atoms with E-state index in [1.807, 2.05) is 6.92 Å². The molecule has 1 aromatic carbocycles. The minimum Gasteiger partial charge on any atom is -0.496 e. The fourth-order valence-corrected chi connectivity index (χ4v) is 1.61. The molecule has 18 heavy (non-hydrogen) atoms. The number of esters is 1. The summed E-state index contributed by atoms with van der Waals surface area (Å²) < 4.78 is 9.57. The lowest BCUT2D eigenvalue weighted by Gasteiger charge is -2.18. The molecule has 1 aromatic rings. The summed E-state index contributed by atoms with van der Waals surface area (Å²) in [5.74, 6) is 0.0532. The molecule has 0 bridgehead atoms. The van der Waals surface area contributed by atoms with Crippen LogP contribution in [0.3, 0.4) is 0 Å². The minimum atomic E-state index is -1.20. The smallest absolute Gasteiger partial charge is 0.308 e. The van der Waals surface area contributed by atoms with E-state index in [-0.39, 0.29) is 6.42 Å². The normalized spacial score (nSPS) is 13.8. The average molecular weight is 254 g/mol. The van der Waals surface area contributed by atoms with Crippen molar-refractivity contribution >= 4 is 5.97 Å². The van der Waals surface area contributed by atoms with Gasteiger partial charge in [0.25, 0.3) is 0 Å². The summed E-state index contributed by atoms with van der Waals surface area (Å²) in [6, 6.07) is 5.10. The minimum absolute atomic E-state index is 0.256. The highest BCUT2D eigenvalue weighted by atomic mass is 16.5. The molecule has 0 aliphatic heterocycles. The topological polar surface area (TPSA) is 76.0 Å². The van der Waals surface area contributed by atoms with Crippen molar-refractivity contribution in [2.45, 2.75) is 25.6 Å². The van der Waals surface area contributed by atoms with E-state index in [1.165, 1.54) is 14.2 Å². The first kappa shape index (κ1) is 14.5. The number of hydrogen-bond donors (Lipinski definition) is 2. The third kappa shape index (κ3) is 3.45. The second-order valence-corrected chi connectivity index (χ2v) is 4.02. The zero-order chi connectivity index (χ0) is 13.7. The average Bonchev–Trinajstić information content (AvgIpc) is 2.38. The number of benzene rings is 1. The number of aryl methyl sites for hydroxylation is 1. The highest BCUT2D eigenvalue weighted by Crippen LogP contribution is 2.25. The van der Waals surface area contributed by atoms with Crippen molar-refractivity contribution in [1.82, 2.24) is 0 Å². The van der Waals surface area contributed by atoms with E-state index < -0.39 is 18.2 Å². The van der Waals surface area contributed by atoms with Crippen molar-refractivity contribution in [3.8, 4) is 5.75 Å². The third-order valence-electron chi connectivity index (χ3n) is 2.74. The second-order valence-electron chi connectivity index (χ2n) is 4.02. The number of carbonyl (C=O) groups is 1. The lowest BCUT2D eigenvalue weighted by atomic mass is 10.0. The molecule has 5 nitrogen and oxygen atoms in total. The van der Waals surface area contributed by atoms with Gasteiger partial charge in [-0.2, -0.15) is 0 Å². The van der Waals surface area contributed by atoms with Gasteiger partial charge in [0.05, 0.1) is 26.7 Å². The van der Waals surface area contributed by atoms with Crippen molar-refractivity contribution in [3.05, 3.63) is 29.3 Å². The van der Waals surface area contributed by atoms with Crippen molar-refractivity contribution in [2.24, 2.45) is 0 Å². The monoisotopic (exact) mass is 254 g/mol. The molecule has 0 aliphatic carbocycles. The first-order valence-electron chi connectivity index (χ1n) is 5.57. The van der Waals surface area contributed by atoms with Crippen LogP contribution in [-0.2, 0) is 9.53 Å². The van der Waals surface area contributed by atoms with Gasteiger partial charge in [0.1, 0.15) is 11.9 Å². The lowest BCUT2D eigenvalue weighted by molar-refractivity contribution is -0.144. The summed E-state index contributed by atoms with van der Waals surface area (Å²) in [5, 5.41) is 19.6. The van der Waals surface area contributed by atoms with Crippen molar-refractivity contribution in [1.29, 1.82) is 0 Å². The Morgan fingerprint density at radius 1 is 1.33 bits per heavy atom.